The van der Waals surface area contributed by atoms with Crippen LogP contribution in [0.2, 0.25) is 0 Å². The molecule has 0 radical (unpaired) electrons. The van der Waals surface area contributed by atoms with Gasteiger partial charge in [0.1, 0.15) is 0 Å². The Labute approximate surface area is 132 Å². The summed E-state index contributed by atoms with van der Waals surface area (Å²) < 4.78 is 4.98. The highest BCUT2D eigenvalue weighted by Crippen LogP contribution is 2.14. The van der Waals surface area contributed by atoms with Gasteiger partial charge in [0.05, 0.1) is 17.2 Å². The lowest BCUT2D eigenvalue weighted by Gasteiger charge is -2.07. The van der Waals surface area contributed by atoms with E-state index >= 15 is 0 Å². The van der Waals surface area contributed by atoms with Crippen molar-refractivity contribution in [1.29, 1.82) is 0 Å². The first-order chi connectivity index (χ1) is 11.1. The number of non-ortho nitro benzene ring substituents is 1. The molecule has 0 saturated heterocycles. The van der Waals surface area contributed by atoms with Crippen molar-refractivity contribution in [2.24, 2.45) is 5.10 Å². The van der Waals surface area contributed by atoms with Crippen molar-refractivity contribution < 1.29 is 14.5 Å². The fourth-order valence-corrected chi connectivity index (χ4v) is 1.80. The summed E-state index contributed by atoms with van der Waals surface area (Å²) in [5.41, 5.74) is 3.89. The summed E-state index contributed by atoms with van der Waals surface area (Å²) in [6.45, 7) is 1.89. The van der Waals surface area contributed by atoms with Gasteiger partial charge in [-0.15, -0.1) is 0 Å². The van der Waals surface area contributed by atoms with Crippen LogP contribution in [0.25, 0.3) is 0 Å². The highest BCUT2D eigenvalue weighted by atomic mass is 16.6. The minimum absolute atomic E-state index is 0.0469. The van der Waals surface area contributed by atoms with Crippen LogP contribution in [0.4, 0.5) is 11.4 Å². The van der Waals surface area contributed by atoms with Gasteiger partial charge in [-0.3, -0.25) is 15.5 Å². The van der Waals surface area contributed by atoms with Crippen molar-refractivity contribution in [2.75, 3.05) is 12.0 Å². The predicted molar refractivity (Wildman–Crippen MR) is 86.3 cm³/mol. The molecule has 0 aliphatic carbocycles. The molecule has 0 saturated carbocycles. The first-order valence-corrected chi connectivity index (χ1v) is 6.92. The number of anilines is 1. The molecule has 0 unspecified atom stereocenters. The van der Waals surface area contributed by atoms with Crippen LogP contribution in [0.15, 0.2) is 59.7 Å². The van der Waals surface area contributed by atoms with Gasteiger partial charge in [0, 0.05) is 17.7 Å². The molecule has 0 atom stereocenters. The van der Waals surface area contributed by atoms with Crippen molar-refractivity contribution in [3.8, 4) is 0 Å². The van der Waals surface area contributed by atoms with E-state index in [0.717, 1.165) is 0 Å². The predicted octanol–water partition coefficient (Wildman–Crippen LogP) is 2.97. The van der Waals surface area contributed by atoms with Crippen LogP contribution in [0.3, 0.4) is 0 Å². The van der Waals surface area contributed by atoms with Gasteiger partial charge in [0.2, 0.25) is 0 Å². The van der Waals surface area contributed by atoms with Crippen LogP contribution in [-0.4, -0.2) is 23.2 Å². The van der Waals surface area contributed by atoms with Crippen molar-refractivity contribution in [1.82, 2.24) is 0 Å². The van der Waals surface area contributed by atoms with Gasteiger partial charge in [-0.25, -0.2) is 4.79 Å². The van der Waals surface area contributed by atoms with E-state index < -0.39 is 10.9 Å². The average molecular weight is 313 g/mol. The van der Waals surface area contributed by atoms with Crippen LogP contribution < -0.4 is 5.43 Å². The largest absolute Gasteiger partial charge is 0.461 e. The van der Waals surface area contributed by atoms with Crippen molar-refractivity contribution in [2.45, 2.75) is 6.92 Å². The van der Waals surface area contributed by atoms with E-state index in [4.69, 9.17) is 4.74 Å². The van der Waals surface area contributed by atoms with E-state index in [2.05, 4.69) is 10.5 Å². The van der Waals surface area contributed by atoms with Gasteiger partial charge in [-0.05, 0) is 31.2 Å². The minimum Gasteiger partial charge on any atom is -0.461 e. The molecule has 0 amide bonds. The summed E-state index contributed by atoms with van der Waals surface area (Å²) in [7, 11) is 0. The molecule has 1 N–H and O–H groups in total. The summed E-state index contributed by atoms with van der Waals surface area (Å²) >= 11 is 0. The van der Waals surface area contributed by atoms with Crippen molar-refractivity contribution in [3.05, 3.63) is 70.3 Å². The molecule has 0 aliphatic rings. The number of nitrogens with zero attached hydrogens (tertiary/aromatic N) is 2. The molecule has 0 aromatic heterocycles. The molecule has 2 aromatic rings. The number of para-hydroxylation sites is 1. The Hall–Kier alpha value is -3.22. The highest BCUT2D eigenvalue weighted by molar-refractivity contribution is 6.43. The van der Waals surface area contributed by atoms with Gasteiger partial charge in [0.25, 0.3) is 5.69 Å². The number of benzene rings is 2. The molecule has 23 heavy (non-hydrogen) atoms. The highest BCUT2D eigenvalue weighted by Gasteiger charge is 2.17. The zero-order valence-corrected chi connectivity index (χ0v) is 12.4. The molecule has 0 fully saturated rings. The van der Waals surface area contributed by atoms with Crippen LogP contribution in [0.1, 0.15) is 12.5 Å². The molecule has 2 aromatic carbocycles. The second kappa shape index (κ2) is 7.69. The molecule has 118 valence electrons. The summed E-state index contributed by atoms with van der Waals surface area (Å²) in [5, 5.41) is 14.8. The molecule has 0 bridgehead atoms. The van der Waals surface area contributed by atoms with Crippen LogP contribution in [0.5, 0.6) is 0 Å². The minimum atomic E-state index is -0.607. The maximum absolute atomic E-state index is 12.1. The summed E-state index contributed by atoms with van der Waals surface area (Å²) in [5.74, 6) is -0.607. The lowest BCUT2D eigenvalue weighted by atomic mass is 10.1. The van der Waals surface area contributed by atoms with Gasteiger partial charge in [0.15, 0.2) is 5.71 Å². The van der Waals surface area contributed by atoms with E-state index in [1.165, 1.54) is 24.3 Å². The SMILES string of the molecule is CCOC(=O)/C(=N/Nc1ccccc1)c1ccc([N+](=O)[O-])cc1. The number of nitrogens with one attached hydrogen (secondary N) is 1. The van der Waals surface area contributed by atoms with Gasteiger partial charge in [-0.2, -0.15) is 5.10 Å². The maximum Gasteiger partial charge on any atom is 0.359 e. The second-order valence-corrected chi connectivity index (χ2v) is 4.46. The fourth-order valence-electron chi connectivity index (χ4n) is 1.80. The Bertz CT molecular complexity index is 712. The number of nitro groups is 1. The van der Waals surface area contributed by atoms with Gasteiger partial charge in [-0.1, -0.05) is 18.2 Å². The number of hydrogen-bond acceptors (Lipinski definition) is 6. The maximum atomic E-state index is 12.1. The lowest BCUT2D eigenvalue weighted by molar-refractivity contribution is -0.384. The molecule has 0 aliphatic heterocycles. The zero-order chi connectivity index (χ0) is 16.7. The number of rotatable bonds is 6. The first kappa shape index (κ1) is 16.2. The second-order valence-electron chi connectivity index (χ2n) is 4.46. The van der Waals surface area contributed by atoms with E-state index in [0.29, 0.717) is 11.3 Å². The average Bonchev–Trinajstić information content (AvgIpc) is 2.56. The standard InChI is InChI=1S/C16H15N3O4/c1-2-23-16(20)15(18-17-13-6-4-3-5-7-13)12-8-10-14(11-9-12)19(21)22/h3-11,17H,2H2,1H3/b18-15+. The Balaban J connectivity index is 2.29. The molecule has 7 nitrogen and oxygen atoms in total. The number of hydrogen-bond donors (Lipinski definition) is 1. The smallest absolute Gasteiger partial charge is 0.359 e. The fraction of sp³-hybridized carbons (Fsp3) is 0.125. The molecule has 0 spiro atoms. The quantitative estimate of drug-likeness (QED) is 0.383. The Morgan fingerprint density at radius 3 is 2.39 bits per heavy atom. The van der Waals surface area contributed by atoms with Crippen LogP contribution in [0, 0.1) is 10.1 Å². The summed E-state index contributed by atoms with van der Waals surface area (Å²) in [4.78, 5) is 22.3. The van der Waals surface area contributed by atoms with Crippen LogP contribution in [-0.2, 0) is 9.53 Å². The van der Waals surface area contributed by atoms with E-state index in [1.54, 1.807) is 19.1 Å². The monoisotopic (exact) mass is 313 g/mol. The number of esters is 1. The lowest BCUT2D eigenvalue weighted by Crippen LogP contribution is -2.20. The third-order valence-corrected chi connectivity index (χ3v) is 2.89. The summed E-state index contributed by atoms with van der Waals surface area (Å²) in [6, 6.07) is 14.6. The number of carbonyl (C=O) groups is 1. The Kier molecular flexibility index (Phi) is 5.40. The topological polar surface area (TPSA) is 93.8 Å². The number of carbonyl (C=O) groups excluding carboxylic acids is 1. The number of nitro benzene ring substituents is 1. The first-order valence-electron chi connectivity index (χ1n) is 6.92. The van der Waals surface area contributed by atoms with Gasteiger partial charge >= 0.3 is 5.97 Å². The number of ether oxygens (including phenoxy) is 1. The third-order valence-electron chi connectivity index (χ3n) is 2.89. The van der Waals surface area contributed by atoms with Gasteiger partial charge < -0.3 is 4.74 Å². The Morgan fingerprint density at radius 1 is 1.17 bits per heavy atom. The van der Waals surface area contributed by atoms with Crippen molar-refractivity contribution in [3.63, 3.8) is 0 Å². The zero-order valence-electron chi connectivity index (χ0n) is 12.4. The van der Waals surface area contributed by atoms with E-state index in [9.17, 15) is 14.9 Å². The molecule has 0 heterocycles. The van der Waals surface area contributed by atoms with E-state index in [1.807, 2.05) is 18.2 Å². The van der Waals surface area contributed by atoms with Crippen molar-refractivity contribution >= 4 is 23.1 Å². The number of hydrazone groups is 1. The molecular formula is C16H15N3O4. The Morgan fingerprint density at radius 2 is 1.83 bits per heavy atom. The molecular weight excluding hydrogens is 298 g/mol. The summed E-state index contributed by atoms with van der Waals surface area (Å²) in [6.07, 6.45) is 0. The van der Waals surface area contributed by atoms with E-state index in [-0.39, 0.29) is 18.0 Å². The normalized spacial score (nSPS) is 10.9. The molecule has 2 rings (SSSR count). The molecule has 7 heteroatoms. The van der Waals surface area contributed by atoms with Crippen LogP contribution >= 0.6 is 0 Å². The third kappa shape index (κ3) is 4.37.